The van der Waals surface area contributed by atoms with Gasteiger partial charge in [0.25, 0.3) is 0 Å². The molecule has 1 nitrogen and oxygen atoms in total. The lowest BCUT2D eigenvalue weighted by atomic mass is 9.84. The second-order valence-electron chi connectivity index (χ2n) is 3.92. The number of hydrogen-bond donors (Lipinski definition) is 1. The van der Waals surface area contributed by atoms with E-state index in [0.29, 0.717) is 0 Å². The van der Waals surface area contributed by atoms with Crippen molar-refractivity contribution in [3.63, 3.8) is 0 Å². The molecule has 2 rings (SSSR count). The van der Waals surface area contributed by atoms with E-state index in [1.165, 1.54) is 24.0 Å². The number of hydrogen-bond acceptors (Lipinski definition) is 1. The monoisotopic (exact) mass is 161 g/mol. The van der Waals surface area contributed by atoms with E-state index >= 15 is 0 Å². The summed E-state index contributed by atoms with van der Waals surface area (Å²) in [5.74, 6) is 0. The summed E-state index contributed by atoms with van der Waals surface area (Å²) in [6, 6.07) is 8.66. The van der Waals surface area contributed by atoms with Crippen LogP contribution in [0.15, 0.2) is 24.3 Å². The summed E-state index contributed by atoms with van der Waals surface area (Å²) in [4.78, 5) is 0. The molecule has 1 heteroatoms. The van der Waals surface area contributed by atoms with Gasteiger partial charge in [0.2, 0.25) is 0 Å². The minimum absolute atomic E-state index is 0.247. The summed E-state index contributed by atoms with van der Waals surface area (Å²) < 4.78 is 0. The second kappa shape index (κ2) is 2.60. The third kappa shape index (κ3) is 0.969. The zero-order valence-corrected chi connectivity index (χ0v) is 7.51. The van der Waals surface area contributed by atoms with Gasteiger partial charge in [-0.3, -0.25) is 0 Å². The van der Waals surface area contributed by atoms with Crippen molar-refractivity contribution in [1.82, 2.24) is 0 Å². The van der Waals surface area contributed by atoms with Gasteiger partial charge in [0.05, 0.1) is 0 Å². The Labute approximate surface area is 73.6 Å². The van der Waals surface area contributed by atoms with Crippen molar-refractivity contribution in [2.45, 2.75) is 25.2 Å². The summed E-state index contributed by atoms with van der Waals surface area (Å²) in [6.07, 6.45) is 2.41. The average Bonchev–Trinajstić information content (AvgIpc) is 2.46. The van der Waals surface area contributed by atoms with Gasteiger partial charge in [0.1, 0.15) is 0 Å². The van der Waals surface area contributed by atoms with Gasteiger partial charge in [-0.25, -0.2) is 0 Å². The number of fused-ring (bicyclic) bond motifs is 1. The minimum Gasteiger partial charge on any atom is -0.330 e. The Bertz CT molecular complexity index is 293. The highest BCUT2D eigenvalue weighted by molar-refractivity contribution is 5.38. The Morgan fingerprint density at radius 2 is 2.17 bits per heavy atom. The number of nitrogens with two attached hydrogens (primary N) is 1. The topological polar surface area (TPSA) is 26.0 Å². The molecule has 0 spiro atoms. The van der Waals surface area contributed by atoms with Gasteiger partial charge in [0.15, 0.2) is 0 Å². The Kier molecular flexibility index (Phi) is 1.69. The van der Waals surface area contributed by atoms with Crippen LogP contribution in [0.1, 0.15) is 24.5 Å². The predicted octanol–water partition coefficient (Wildman–Crippen LogP) is 1.85. The lowest BCUT2D eigenvalue weighted by Crippen LogP contribution is -2.28. The highest BCUT2D eigenvalue weighted by Crippen LogP contribution is 2.37. The van der Waals surface area contributed by atoms with E-state index in [1.807, 2.05) is 0 Å². The number of benzene rings is 1. The SMILES string of the molecule is CC1(CN)CCc2ccccc21. The van der Waals surface area contributed by atoms with Crippen LogP contribution >= 0.6 is 0 Å². The van der Waals surface area contributed by atoms with Gasteiger partial charge < -0.3 is 5.73 Å². The molecule has 0 fully saturated rings. The Morgan fingerprint density at radius 1 is 1.42 bits per heavy atom. The largest absolute Gasteiger partial charge is 0.330 e. The second-order valence-corrected chi connectivity index (χ2v) is 3.92. The molecule has 1 aromatic rings. The van der Waals surface area contributed by atoms with Gasteiger partial charge in [-0.15, -0.1) is 0 Å². The number of aryl methyl sites for hydroxylation is 1. The van der Waals surface area contributed by atoms with E-state index in [-0.39, 0.29) is 5.41 Å². The first-order valence-electron chi connectivity index (χ1n) is 4.55. The molecule has 0 heterocycles. The summed E-state index contributed by atoms with van der Waals surface area (Å²) in [6.45, 7) is 3.03. The first-order chi connectivity index (χ1) is 5.76. The molecule has 12 heavy (non-hydrogen) atoms. The lowest BCUT2D eigenvalue weighted by molar-refractivity contribution is 0.482. The predicted molar refractivity (Wildman–Crippen MR) is 51.2 cm³/mol. The molecular formula is C11H15N. The van der Waals surface area contributed by atoms with Gasteiger partial charge >= 0.3 is 0 Å². The van der Waals surface area contributed by atoms with Crippen LogP contribution in [0.25, 0.3) is 0 Å². The Hall–Kier alpha value is -0.820. The molecule has 1 unspecified atom stereocenters. The van der Waals surface area contributed by atoms with E-state index in [9.17, 15) is 0 Å². The van der Waals surface area contributed by atoms with Crippen LogP contribution in [-0.2, 0) is 11.8 Å². The standard InChI is InChI=1S/C11H15N/c1-11(8-12)7-6-9-4-2-3-5-10(9)11/h2-5H,6-8,12H2,1H3. The first kappa shape index (κ1) is 7.81. The van der Waals surface area contributed by atoms with Crippen molar-refractivity contribution in [3.8, 4) is 0 Å². The number of rotatable bonds is 1. The summed E-state index contributed by atoms with van der Waals surface area (Å²) in [5.41, 5.74) is 8.99. The minimum atomic E-state index is 0.247. The summed E-state index contributed by atoms with van der Waals surface area (Å²) >= 11 is 0. The van der Waals surface area contributed by atoms with Gasteiger partial charge in [-0.1, -0.05) is 31.2 Å². The summed E-state index contributed by atoms with van der Waals surface area (Å²) in [5, 5.41) is 0. The van der Waals surface area contributed by atoms with Gasteiger partial charge in [-0.2, -0.15) is 0 Å². The maximum atomic E-state index is 5.78. The van der Waals surface area contributed by atoms with E-state index in [4.69, 9.17) is 5.73 Å². The van der Waals surface area contributed by atoms with Crippen LogP contribution in [0.2, 0.25) is 0 Å². The van der Waals surface area contributed by atoms with Crippen LogP contribution in [0.3, 0.4) is 0 Å². The molecule has 0 saturated carbocycles. The molecule has 2 N–H and O–H groups in total. The maximum absolute atomic E-state index is 5.78. The van der Waals surface area contributed by atoms with E-state index in [0.717, 1.165) is 6.54 Å². The smallest absolute Gasteiger partial charge is 0.00532 e. The van der Waals surface area contributed by atoms with Gasteiger partial charge in [-0.05, 0) is 24.0 Å². The molecule has 1 atom stereocenters. The quantitative estimate of drug-likeness (QED) is 0.668. The van der Waals surface area contributed by atoms with E-state index < -0.39 is 0 Å². The van der Waals surface area contributed by atoms with Gasteiger partial charge in [0, 0.05) is 12.0 Å². The lowest BCUT2D eigenvalue weighted by Gasteiger charge is -2.22. The Morgan fingerprint density at radius 3 is 2.92 bits per heavy atom. The molecule has 1 aliphatic rings. The van der Waals surface area contributed by atoms with Crippen LogP contribution < -0.4 is 5.73 Å². The molecule has 0 bridgehead atoms. The van der Waals surface area contributed by atoms with Crippen molar-refractivity contribution in [2.75, 3.05) is 6.54 Å². The first-order valence-corrected chi connectivity index (χ1v) is 4.55. The molecule has 0 aliphatic heterocycles. The van der Waals surface area contributed by atoms with Crippen LogP contribution in [0, 0.1) is 0 Å². The van der Waals surface area contributed by atoms with Crippen molar-refractivity contribution in [2.24, 2.45) is 5.73 Å². The van der Waals surface area contributed by atoms with Crippen molar-refractivity contribution < 1.29 is 0 Å². The molecule has 0 radical (unpaired) electrons. The molecular weight excluding hydrogens is 146 g/mol. The third-order valence-electron chi connectivity index (χ3n) is 3.06. The Balaban J connectivity index is 2.49. The normalized spacial score (nSPS) is 27.2. The zero-order valence-electron chi connectivity index (χ0n) is 7.51. The average molecular weight is 161 g/mol. The summed E-state index contributed by atoms with van der Waals surface area (Å²) in [7, 11) is 0. The maximum Gasteiger partial charge on any atom is 0.00532 e. The van der Waals surface area contributed by atoms with Crippen LogP contribution in [-0.4, -0.2) is 6.54 Å². The van der Waals surface area contributed by atoms with Crippen molar-refractivity contribution in [3.05, 3.63) is 35.4 Å². The molecule has 0 saturated heterocycles. The highest BCUT2D eigenvalue weighted by Gasteiger charge is 2.32. The fraction of sp³-hybridized carbons (Fsp3) is 0.455. The fourth-order valence-electron chi connectivity index (χ4n) is 2.08. The van der Waals surface area contributed by atoms with Crippen LogP contribution in [0.5, 0.6) is 0 Å². The molecule has 0 aromatic heterocycles. The fourth-order valence-corrected chi connectivity index (χ4v) is 2.08. The van der Waals surface area contributed by atoms with Crippen molar-refractivity contribution in [1.29, 1.82) is 0 Å². The van der Waals surface area contributed by atoms with E-state index in [1.54, 1.807) is 0 Å². The molecule has 1 aromatic carbocycles. The van der Waals surface area contributed by atoms with E-state index in [2.05, 4.69) is 31.2 Å². The molecule has 1 aliphatic carbocycles. The molecule has 0 amide bonds. The molecule has 64 valence electrons. The van der Waals surface area contributed by atoms with Crippen molar-refractivity contribution >= 4 is 0 Å². The highest BCUT2D eigenvalue weighted by atomic mass is 14.6. The zero-order chi connectivity index (χ0) is 8.60. The van der Waals surface area contributed by atoms with Crippen LogP contribution in [0.4, 0.5) is 0 Å². The third-order valence-corrected chi connectivity index (χ3v) is 3.06.